The highest BCUT2D eigenvalue weighted by atomic mass is 16.2. The number of nitrogens with zero attached hydrogens (tertiary/aromatic N) is 1. The number of benzene rings is 1. The van der Waals surface area contributed by atoms with Gasteiger partial charge in [-0.05, 0) is 49.6 Å². The van der Waals surface area contributed by atoms with Gasteiger partial charge in [0.15, 0.2) is 0 Å². The number of hydrogen-bond acceptors (Lipinski definition) is 3. The largest absolute Gasteiger partial charge is 0.326 e. The highest BCUT2D eigenvalue weighted by Crippen LogP contribution is 2.30. The first kappa shape index (κ1) is 14.3. The monoisotopic (exact) mass is 295 g/mol. The van der Waals surface area contributed by atoms with Gasteiger partial charge in [0, 0.05) is 29.7 Å². The van der Waals surface area contributed by atoms with Crippen molar-refractivity contribution in [2.24, 2.45) is 5.92 Å². The number of carbonyl (C=O) groups excluding carboxylic acids is 2. The van der Waals surface area contributed by atoms with Gasteiger partial charge in [0.05, 0.1) is 5.56 Å². The lowest BCUT2D eigenvalue weighted by Gasteiger charge is -2.11. The third-order valence-electron chi connectivity index (χ3n) is 3.63. The molecule has 2 N–H and O–H groups in total. The van der Waals surface area contributed by atoms with Gasteiger partial charge in [0.25, 0.3) is 5.91 Å². The summed E-state index contributed by atoms with van der Waals surface area (Å²) >= 11 is 0. The minimum absolute atomic E-state index is 0.0494. The van der Waals surface area contributed by atoms with Crippen LogP contribution in [0.25, 0.3) is 0 Å². The molecule has 112 valence electrons. The van der Waals surface area contributed by atoms with Crippen LogP contribution in [0.1, 0.15) is 28.8 Å². The number of aryl methyl sites for hydroxylation is 1. The van der Waals surface area contributed by atoms with Gasteiger partial charge in [-0.1, -0.05) is 6.07 Å². The lowest BCUT2D eigenvalue weighted by molar-refractivity contribution is -0.117. The molecule has 5 heteroatoms. The smallest absolute Gasteiger partial charge is 0.257 e. The molecule has 0 bridgehead atoms. The molecule has 1 aromatic heterocycles. The molecule has 2 aromatic rings. The molecule has 1 saturated carbocycles. The van der Waals surface area contributed by atoms with Gasteiger partial charge in [0.1, 0.15) is 0 Å². The van der Waals surface area contributed by atoms with Crippen molar-refractivity contribution in [1.82, 2.24) is 4.98 Å². The van der Waals surface area contributed by atoms with E-state index in [0.29, 0.717) is 16.9 Å². The lowest BCUT2D eigenvalue weighted by Crippen LogP contribution is -2.15. The van der Waals surface area contributed by atoms with Gasteiger partial charge < -0.3 is 10.6 Å². The number of nitrogens with one attached hydrogen (secondary N) is 2. The Morgan fingerprint density at radius 2 is 2.00 bits per heavy atom. The molecular formula is C17H17N3O2. The number of carbonyl (C=O) groups is 2. The minimum atomic E-state index is -0.220. The van der Waals surface area contributed by atoms with Gasteiger partial charge in [0.2, 0.25) is 5.91 Å². The Hall–Kier alpha value is -2.69. The summed E-state index contributed by atoms with van der Waals surface area (Å²) in [4.78, 5) is 27.9. The number of aromatic nitrogens is 1. The quantitative estimate of drug-likeness (QED) is 0.911. The molecule has 1 heterocycles. The Kier molecular flexibility index (Phi) is 3.87. The molecule has 1 fully saturated rings. The van der Waals surface area contributed by atoms with Crippen molar-refractivity contribution in [3.63, 3.8) is 0 Å². The van der Waals surface area contributed by atoms with Gasteiger partial charge in [-0.15, -0.1) is 0 Å². The highest BCUT2D eigenvalue weighted by Gasteiger charge is 2.29. The highest BCUT2D eigenvalue weighted by molar-refractivity contribution is 6.05. The van der Waals surface area contributed by atoms with Crippen LogP contribution in [0.4, 0.5) is 11.4 Å². The van der Waals surface area contributed by atoms with E-state index in [2.05, 4.69) is 15.6 Å². The van der Waals surface area contributed by atoms with Gasteiger partial charge in [-0.25, -0.2) is 0 Å². The second-order valence-corrected chi connectivity index (χ2v) is 5.49. The molecule has 3 rings (SSSR count). The number of pyridine rings is 1. The van der Waals surface area contributed by atoms with Gasteiger partial charge in [-0.2, -0.15) is 0 Å². The topological polar surface area (TPSA) is 71.1 Å². The van der Waals surface area contributed by atoms with Crippen molar-refractivity contribution < 1.29 is 9.59 Å². The Bertz CT molecular complexity index is 709. The van der Waals surface area contributed by atoms with Crippen LogP contribution in [-0.4, -0.2) is 16.8 Å². The zero-order valence-electron chi connectivity index (χ0n) is 12.3. The SMILES string of the molecule is Cc1ccc(NC(=O)C2CC2)cc1NC(=O)c1cccnc1. The molecule has 0 aliphatic heterocycles. The molecule has 0 atom stereocenters. The molecule has 0 spiro atoms. The van der Waals surface area contributed by atoms with E-state index in [0.717, 1.165) is 18.4 Å². The third kappa shape index (κ3) is 3.31. The Labute approximate surface area is 128 Å². The average Bonchev–Trinajstić information content (AvgIpc) is 3.36. The lowest BCUT2D eigenvalue weighted by atomic mass is 10.1. The fourth-order valence-electron chi connectivity index (χ4n) is 2.12. The van der Waals surface area contributed by atoms with Gasteiger partial charge in [-0.3, -0.25) is 14.6 Å². The third-order valence-corrected chi connectivity index (χ3v) is 3.63. The maximum Gasteiger partial charge on any atom is 0.257 e. The number of amides is 2. The molecule has 0 saturated heterocycles. The molecule has 0 radical (unpaired) electrons. The molecule has 1 aliphatic carbocycles. The van der Waals surface area contributed by atoms with Crippen molar-refractivity contribution in [2.45, 2.75) is 19.8 Å². The predicted molar refractivity (Wildman–Crippen MR) is 84.7 cm³/mol. The number of rotatable bonds is 4. The summed E-state index contributed by atoms with van der Waals surface area (Å²) < 4.78 is 0. The van der Waals surface area contributed by atoms with Crippen molar-refractivity contribution in [1.29, 1.82) is 0 Å². The molecule has 22 heavy (non-hydrogen) atoms. The summed E-state index contributed by atoms with van der Waals surface area (Å²) in [5, 5.41) is 5.74. The van der Waals surface area contributed by atoms with Crippen LogP contribution in [0.3, 0.4) is 0 Å². The van der Waals surface area contributed by atoms with Crippen LogP contribution in [0.5, 0.6) is 0 Å². The standard InChI is InChI=1S/C17H17N3O2/c1-11-4-7-14(19-16(21)12-5-6-12)9-15(11)20-17(22)13-3-2-8-18-10-13/h2-4,7-10,12H,5-6H2,1H3,(H,19,21)(H,20,22). The van der Waals surface area contributed by atoms with Gasteiger partial charge >= 0.3 is 0 Å². The summed E-state index contributed by atoms with van der Waals surface area (Å²) in [6.45, 7) is 1.91. The zero-order valence-corrected chi connectivity index (χ0v) is 12.3. The van der Waals surface area contributed by atoms with Crippen molar-refractivity contribution in [3.05, 3.63) is 53.9 Å². The average molecular weight is 295 g/mol. The Morgan fingerprint density at radius 1 is 1.18 bits per heavy atom. The van der Waals surface area contributed by atoms with Crippen molar-refractivity contribution in [2.75, 3.05) is 10.6 Å². The van der Waals surface area contributed by atoms with Crippen LogP contribution in [0.2, 0.25) is 0 Å². The van der Waals surface area contributed by atoms with Crippen LogP contribution in [-0.2, 0) is 4.79 Å². The van der Waals surface area contributed by atoms with Crippen LogP contribution >= 0.6 is 0 Å². The van der Waals surface area contributed by atoms with Crippen LogP contribution < -0.4 is 10.6 Å². The first-order valence-electron chi connectivity index (χ1n) is 7.26. The van der Waals surface area contributed by atoms with Crippen molar-refractivity contribution in [3.8, 4) is 0 Å². The molecule has 0 unspecified atom stereocenters. The van der Waals surface area contributed by atoms with E-state index in [1.165, 1.54) is 6.20 Å². The second-order valence-electron chi connectivity index (χ2n) is 5.49. The van der Waals surface area contributed by atoms with E-state index in [1.54, 1.807) is 24.4 Å². The summed E-state index contributed by atoms with van der Waals surface area (Å²) in [5.74, 6) is -0.0232. The summed E-state index contributed by atoms with van der Waals surface area (Å²) in [7, 11) is 0. The van der Waals surface area contributed by atoms with E-state index in [4.69, 9.17) is 0 Å². The van der Waals surface area contributed by atoms with E-state index in [-0.39, 0.29) is 17.7 Å². The predicted octanol–water partition coefficient (Wildman–Crippen LogP) is 2.99. The summed E-state index contributed by atoms with van der Waals surface area (Å²) in [6, 6.07) is 8.92. The van der Waals surface area contributed by atoms with Crippen LogP contribution in [0, 0.1) is 12.8 Å². The normalized spacial score (nSPS) is 13.5. The molecule has 1 aromatic carbocycles. The maximum absolute atomic E-state index is 12.2. The molecule has 5 nitrogen and oxygen atoms in total. The molecule has 2 amide bonds. The molecular weight excluding hydrogens is 278 g/mol. The zero-order chi connectivity index (χ0) is 15.5. The number of anilines is 2. The Balaban J connectivity index is 1.75. The summed E-state index contributed by atoms with van der Waals surface area (Å²) in [6.07, 6.45) is 5.06. The fourth-order valence-corrected chi connectivity index (χ4v) is 2.12. The van der Waals surface area contributed by atoms with E-state index >= 15 is 0 Å². The van der Waals surface area contributed by atoms with E-state index < -0.39 is 0 Å². The van der Waals surface area contributed by atoms with E-state index in [1.807, 2.05) is 19.1 Å². The van der Waals surface area contributed by atoms with Crippen molar-refractivity contribution >= 4 is 23.2 Å². The van der Waals surface area contributed by atoms with E-state index in [9.17, 15) is 9.59 Å². The minimum Gasteiger partial charge on any atom is -0.326 e. The fraction of sp³-hybridized carbons (Fsp3) is 0.235. The first-order chi connectivity index (χ1) is 10.6. The Morgan fingerprint density at radius 3 is 2.68 bits per heavy atom. The number of hydrogen-bond donors (Lipinski definition) is 2. The molecule has 1 aliphatic rings. The second kappa shape index (κ2) is 5.97. The first-order valence-corrected chi connectivity index (χ1v) is 7.26. The van der Waals surface area contributed by atoms with Crippen LogP contribution in [0.15, 0.2) is 42.7 Å². The maximum atomic E-state index is 12.2. The summed E-state index contributed by atoms with van der Waals surface area (Å²) in [5.41, 5.74) is 2.81.